The topological polar surface area (TPSA) is 59.9 Å². The van der Waals surface area contributed by atoms with Crippen LogP contribution in [0.1, 0.15) is 12.5 Å². The summed E-state index contributed by atoms with van der Waals surface area (Å²) in [7, 11) is 0. The van der Waals surface area contributed by atoms with E-state index in [9.17, 15) is 4.79 Å². The summed E-state index contributed by atoms with van der Waals surface area (Å²) in [5.41, 5.74) is 3.13. The summed E-state index contributed by atoms with van der Waals surface area (Å²) < 4.78 is 12.7. The summed E-state index contributed by atoms with van der Waals surface area (Å²) in [6.07, 6.45) is 5.98. The molecule has 0 saturated heterocycles. The SMILES string of the molecule is C#CCOc1ccc(Br)cc1/C=N\NC(=O)[C@H](C)Oc1ccccc1Br. The van der Waals surface area contributed by atoms with Gasteiger partial charge in [-0.3, -0.25) is 4.79 Å². The van der Waals surface area contributed by atoms with Crippen molar-refractivity contribution in [2.75, 3.05) is 6.61 Å². The number of rotatable bonds is 7. The molecule has 1 amide bonds. The van der Waals surface area contributed by atoms with Crippen molar-refractivity contribution in [2.24, 2.45) is 5.10 Å². The van der Waals surface area contributed by atoms with Crippen molar-refractivity contribution in [1.82, 2.24) is 5.43 Å². The molecule has 0 radical (unpaired) electrons. The van der Waals surface area contributed by atoms with Crippen molar-refractivity contribution in [3.63, 3.8) is 0 Å². The summed E-state index contributed by atoms with van der Waals surface area (Å²) in [6.45, 7) is 1.79. The first kappa shape index (κ1) is 20.0. The maximum absolute atomic E-state index is 12.1. The number of nitrogens with one attached hydrogen (secondary N) is 1. The lowest BCUT2D eigenvalue weighted by atomic mass is 10.2. The van der Waals surface area contributed by atoms with E-state index in [1.165, 1.54) is 6.21 Å². The third kappa shape index (κ3) is 5.90. The smallest absolute Gasteiger partial charge is 0.280 e. The van der Waals surface area contributed by atoms with E-state index >= 15 is 0 Å². The van der Waals surface area contributed by atoms with Crippen LogP contribution in [0.5, 0.6) is 11.5 Å². The van der Waals surface area contributed by atoms with E-state index in [2.05, 4.69) is 48.3 Å². The third-order valence-corrected chi connectivity index (χ3v) is 4.32. The number of hydrogen-bond acceptors (Lipinski definition) is 4. The molecule has 2 rings (SSSR count). The second-order valence-corrected chi connectivity index (χ2v) is 6.87. The second-order valence-electron chi connectivity index (χ2n) is 5.10. The molecule has 0 saturated carbocycles. The van der Waals surface area contributed by atoms with Gasteiger partial charge in [0, 0.05) is 10.0 Å². The van der Waals surface area contributed by atoms with Gasteiger partial charge in [0.25, 0.3) is 5.91 Å². The standard InChI is InChI=1S/C19H16Br2N2O3/c1-3-10-25-17-9-8-15(20)11-14(17)12-22-23-19(24)13(2)26-18-7-5-4-6-16(18)21/h1,4-9,11-13H,10H2,2H3,(H,23,24)/b22-12-/t13-/m0/s1. The molecule has 0 aliphatic carbocycles. The number of terminal acetylenes is 1. The molecule has 5 nitrogen and oxygen atoms in total. The fraction of sp³-hybridized carbons (Fsp3) is 0.158. The Bertz CT molecular complexity index is 847. The number of halogens is 2. The van der Waals surface area contributed by atoms with Crippen molar-refractivity contribution in [2.45, 2.75) is 13.0 Å². The maximum atomic E-state index is 12.1. The Morgan fingerprint density at radius 1 is 1.31 bits per heavy atom. The van der Waals surface area contributed by atoms with Crippen LogP contribution in [-0.4, -0.2) is 24.8 Å². The summed E-state index contributed by atoms with van der Waals surface area (Å²) in [6, 6.07) is 12.7. The van der Waals surface area contributed by atoms with Crippen LogP contribution in [-0.2, 0) is 4.79 Å². The Labute approximate surface area is 169 Å². The molecule has 134 valence electrons. The van der Waals surface area contributed by atoms with Gasteiger partial charge in [-0.25, -0.2) is 5.43 Å². The van der Waals surface area contributed by atoms with E-state index in [1.54, 1.807) is 19.1 Å². The molecule has 26 heavy (non-hydrogen) atoms. The minimum atomic E-state index is -0.717. The van der Waals surface area contributed by atoms with E-state index in [1.807, 2.05) is 30.3 Å². The highest BCUT2D eigenvalue weighted by atomic mass is 79.9. The average molecular weight is 480 g/mol. The molecule has 0 bridgehead atoms. The van der Waals surface area contributed by atoms with Crippen LogP contribution in [0.2, 0.25) is 0 Å². The summed E-state index contributed by atoms with van der Waals surface area (Å²) in [4.78, 5) is 12.1. The van der Waals surface area contributed by atoms with Gasteiger partial charge in [-0.1, -0.05) is 34.0 Å². The zero-order valence-corrected chi connectivity index (χ0v) is 17.1. The van der Waals surface area contributed by atoms with Crippen LogP contribution in [0, 0.1) is 12.3 Å². The predicted octanol–water partition coefficient (Wildman–Crippen LogP) is 4.14. The van der Waals surface area contributed by atoms with Gasteiger partial charge in [-0.15, -0.1) is 6.42 Å². The van der Waals surface area contributed by atoms with Crippen LogP contribution >= 0.6 is 31.9 Å². The molecule has 7 heteroatoms. The van der Waals surface area contributed by atoms with Crippen LogP contribution in [0.4, 0.5) is 0 Å². The normalized spacial score (nSPS) is 11.6. The van der Waals surface area contributed by atoms with Crippen LogP contribution in [0.25, 0.3) is 0 Å². The van der Waals surface area contributed by atoms with Gasteiger partial charge in [0.05, 0.1) is 10.7 Å². The molecule has 0 fully saturated rings. The van der Waals surface area contributed by atoms with Gasteiger partial charge in [-0.2, -0.15) is 5.10 Å². The maximum Gasteiger partial charge on any atom is 0.280 e. The lowest BCUT2D eigenvalue weighted by Gasteiger charge is -2.14. The first-order valence-electron chi connectivity index (χ1n) is 7.61. The molecule has 0 aliphatic heterocycles. The zero-order valence-electron chi connectivity index (χ0n) is 13.9. The minimum Gasteiger partial charge on any atom is -0.480 e. The third-order valence-electron chi connectivity index (χ3n) is 3.17. The molecule has 1 N–H and O–H groups in total. The first-order chi connectivity index (χ1) is 12.5. The molecular formula is C19H16Br2N2O3. The van der Waals surface area contributed by atoms with E-state index in [-0.39, 0.29) is 12.5 Å². The number of carbonyl (C=O) groups is 1. The highest BCUT2D eigenvalue weighted by Crippen LogP contribution is 2.25. The minimum absolute atomic E-state index is 0.145. The number of nitrogens with zero attached hydrogens (tertiary/aromatic N) is 1. The lowest BCUT2D eigenvalue weighted by Crippen LogP contribution is -2.33. The lowest BCUT2D eigenvalue weighted by molar-refractivity contribution is -0.127. The second kappa shape index (κ2) is 10.00. The van der Waals surface area contributed by atoms with Gasteiger partial charge in [0.1, 0.15) is 18.1 Å². The van der Waals surface area contributed by atoms with E-state index in [0.29, 0.717) is 17.1 Å². The fourth-order valence-electron chi connectivity index (χ4n) is 1.91. The van der Waals surface area contributed by atoms with Gasteiger partial charge < -0.3 is 9.47 Å². The van der Waals surface area contributed by atoms with Crippen molar-refractivity contribution < 1.29 is 14.3 Å². The van der Waals surface area contributed by atoms with Crippen molar-refractivity contribution >= 4 is 44.0 Å². The summed E-state index contributed by atoms with van der Waals surface area (Å²) in [5.74, 6) is 3.18. The van der Waals surface area contributed by atoms with E-state index < -0.39 is 6.10 Å². The highest BCUT2D eigenvalue weighted by Gasteiger charge is 2.15. The number of para-hydroxylation sites is 1. The highest BCUT2D eigenvalue weighted by molar-refractivity contribution is 9.10. The number of hydrazone groups is 1. The molecule has 0 aromatic heterocycles. The van der Waals surface area contributed by atoms with E-state index in [4.69, 9.17) is 15.9 Å². The first-order valence-corrected chi connectivity index (χ1v) is 9.19. The molecule has 2 aromatic rings. The van der Waals surface area contributed by atoms with Gasteiger partial charge in [0.2, 0.25) is 0 Å². The van der Waals surface area contributed by atoms with Crippen molar-refractivity contribution in [3.8, 4) is 23.8 Å². The molecule has 1 atom stereocenters. The Hall–Kier alpha value is -2.30. The Morgan fingerprint density at radius 2 is 2.08 bits per heavy atom. The molecule has 0 unspecified atom stereocenters. The number of carbonyl (C=O) groups excluding carboxylic acids is 1. The fourth-order valence-corrected chi connectivity index (χ4v) is 2.67. The van der Waals surface area contributed by atoms with Gasteiger partial charge >= 0.3 is 0 Å². The molecular weight excluding hydrogens is 464 g/mol. The molecule has 0 heterocycles. The monoisotopic (exact) mass is 478 g/mol. The zero-order chi connectivity index (χ0) is 18.9. The largest absolute Gasteiger partial charge is 0.480 e. The van der Waals surface area contributed by atoms with E-state index in [0.717, 1.165) is 8.95 Å². The van der Waals surface area contributed by atoms with Crippen molar-refractivity contribution in [3.05, 3.63) is 57.0 Å². The van der Waals surface area contributed by atoms with Crippen LogP contribution in [0.3, 0.4) is 0 Å². The number of hydrogen-bond donors (Lipinski definition) is 1. The Morgan fingerprint density at radius 3 is 2.81 bits per heavy atom. The van der Waals surface area contributed by atoms with Crippen LogP contribution in [0.15, 0.2) is 56.5 Å². The molecule has 2 aromatic carbocycles. The summed E-state index contributed by atoms with van der Waals surface area (Å²) in [5, 5.41) is 3.97. The number of benzene rings is 2. The van der Waals surface area contributed by atoms with Gasteiger partial charge in [0.15, 0.2) is 6.10 Å². The predicted molar refractivity (Wildman–Crippen MR) is 108 cm³/mol. The molecule has 0 spiro atoms. The summed E-state index contributed by atoms with van der Waals surface area (Å²) >= 11 is 6.76. The number of ether oxygens (including phenoxy) is 2. The number of amides is 1. The Kier molecular flexibility index (Phi) is 7.70. The average Bonchev–Trinajstić information content (AvgIpc) is 2.62. The Balaban J connectivity index is 1.99. The van der Waals surface area contributed by atoms with Gasteiger partial charge in [-0.05, 0) is 53.2 Å². The van der Waals surface area contributed by atoms with Crippen LogP contribution < -0.4 is 14.9 Å². The molecule has 0 aliphatic rings. The quantitative estimate of drug-likeness (QED) is 0.369. The van der Waals surface area contributed by atoms with Crippen molar-refractivity contribution in [1.29, 1.82) is 0 Å².